The van der Waals surface area contributed by atoms with E-state index in [2.05, 4.69) is 12.2 Å². The van der Waals surface area contributed by atoms with Crippen molar-refractivity contribution in [3.63, 3.8) is 0 Å². The van der Waals surface area contributed by atoms with Crippen LogP contribution in [-0.4, -0.2) is 18.5 Å². The molecular formula is C15H26N2O. The van der Waals surface area contributed by atoms with Gasteiger partial charge in [0.1, 0.15) is 0 Å². The highest BCUT2D eigenvalue weighted by atomic mass is 16.1. The predicted octanol–water partition coefficient (Wildman–Crippen LogP) is 1.91. The van der Waals surface area contributed by atoms with Crippen LogP contribution in [0.15, 0.2) is 0 Å². The zero-order valence-electron chi connectivity index (χ0n) is 11.4. The molecule has 0 aliphatic heterocycles. The van der Waals surface area contributed by atoms with Crippen LogP contribution in [0.1, 0.15) is 45.4 Å². The fourth-order valence-electron chi connectivity index (χ4n) is 5.36. The van der Waals surface area contributed by atoms with Gasteiger partial charge in [-0.15, -0.1) is 0 Å². The van der Waals surface area contributed by atoms with Crippen LogP contribution in [0.2, 0.25) is 0 Å². The van der Waals surface area contributed by atoms with Gasteiger partial charge in [-0.05, 0) is 68.1 Å². The van der Waals surface area contributed by atoms with E-state index in [1.807, 2.05) is 0 Å². The van der Waals surface area contributed by atoms with E-state index in [-0.39, 0.29) is 12.5 Å². The first-order valence-electron chi connectivity index (χ1n) is 7.70. The summed E-state index contributed by atoms with van der Waals surface area (Å²) in [6.45, 7) is 2.33. The maximum absolute atomic E-state index is 11.6. The predicted molar refractivity (Wildman–Crippen MR) is 71.8 cm³/mol. The molecule has 4 rings (SSSR count). The number of hydrogen-bond acceptors (Lipinski definition) is 2. The number of rotatable bonds is 4. The Kier molecular flexibility index (Phi) is 3.35. The van der Waals surface area contributed by atoms with Crippen molar-refractivity contribution in [1.29, 1.82) is 0 Å². The Labute approximate surface area is 110 Å². The molecule has 1 amide bonds. The lowest BCUT2D eigenvalue weighted by molar-refractivity contribution is -0.122. The van der Waals surface area contributed by atoms with Gasteiger partial charge in [-0.2, -0.15) is 0 Å². The van der Waals surface area contributed by atoms with Gasteiger partial charge in [0.25, 0.3) is 0 Å². The van der Waals surface area contributed by atoms with Gasteiger partial charge in [-0.3, -0.25) is 4.79 Å². The Morgan fingerprint density at radius 1 is 1.17 bits per heavy atom. The van der Waals surface area contributed by atoms with Crippen molar-refractivity contribution in [1.82, 2.24) is 5.32 Å². The fourth-order valence-corrected chi connectivity index (χ4v) is 5.36. The van der Waals surface area contributed by atoms with Crippen molar-refractivity contribution in [3.8, 4) is 0 Å². The van der Waals surface area contributed by atoms with Gasteiger partial charge < -0.3 is 11.1 Å². The van der Waals surface area contributed by atoms with E-state index in [0.29, 0.717) is 6.04 Å². The molecular weight excluding hydrogens is 224 g/mol. The summed E-state index contributed by atoms with van der Waals surface area (Å²) in [4.78, 5) is 11.6. The van der Waals surface area contributed by atoms with Crippen molar-refractivity contribution in [2.75, 3.05) is 6.54 Å². The van der Waals surface area contributed by atoms with Crippen LogP contribution in [0.5, 0.6) is 0 Å². The highest BCUT2D eigenvalue weighted by Gasteiger charge is 2.50. The Morgan fingerprint density at radius 3 is 2.17 bits per heavy atom. The summed E-state index contributed by atoms with van der Waals surface area (Å²) in [6, 6.07) is 0.371. The van der Waals surface area contributed by atoms with Gasteiger partial charge in [0.05, 0.1) is 6.54 Å². The topological polar surface area (TPSA) is 55.1 Å². The van der Waals surface area contributed by atoms with E-state index >= 15 is 0 Å². The van der Waals surface area contributed by atoms with Crippen LogP contribution < -0.4 is 11.1 Å². The van der Waals surface area contributed by atoms with Crippen molar-refractivity contribution in [2.45, 2.75) is 51.5 Å². The summed E-state index contributed by atoms with van der Waals surface area (Å²) < 4.78 is 0. The van der Waals surface area contributed by atoms with E-state index in [1.54, 1.807) is 0 Å². The third-order valence-electron chi connectivity index (χ3n) is 5.74. The third-order valence-corrected chi connectivity index (χ3v) is 5.74. The van der Waals surface area contributed by atoms with Crippen molar-refractivity contribution >= 4 is 5.91 Å². The lowest BCUT2D eigenvalue weighted by Gasteiger charge is -2.56. The number of hydrogen-bond donors (Lipinski definition) is 2. The molecule has 0 heterocycles. The second-order valence-electron chi connectivity index (χ2n) is 6.79. The molecule has 0 spiro atoms. The first-order valence-corrected chi connectivity index (χ1v) is 7.70. The molecule has 4 bridgehead atoms. The number of nitrogens with one attached hydrogen (secondary N) is 1. The van der Waals surface area contributed by atoms with Crippen LogP contribution in [0.4, 0.5) is 0 Å². The molecule has 0 aromatic carbocycles. The summed E-state index contributed by atoms with van der Waals surface area (Å²) in [5.41, 5.74) is 5.44. The lowest BCUT2D eigenvalue weighted by atomic mass is 9.50. The molecule has 0 aromatic rings. The molecule has 1 unspecified atom stereocenters. The molecule has 4 saturated carbocycles. The van der Waals surface area contributed by atoms with Crippen molar-refractivity contribution in [3.05, 3.63) is 0 Å². The van der Waals surface area contributed by atoms with Crippen molar-refractivity contribution in [2.24, 2.45) is 35.3 Å². The molecule has 1 atom stereocenters. The van der Waals surface area contributed by atoms with E-state index in [9.17, 15) is 4.79 Å². The highest BCUT2D eigenvalue weighted by Crippen LogP contribution is 2.57. The fraction of sp³-hybridized carbons (Fsp3) is 0.933. The second-order valence-corrected chi connectivity index (χ2v) is 6.79. The Morgan fingerprint density at radius 2 is 1.72 bits per heavy atom. The first kappa shape index (κ1) is 12.5. The summed E-state index contributed by atoms with van der Waals surface area (Å²) in [7, 11) is 0. The highest BCUT2D eigenvalue weighted by molar-refractivity contribution is 5.78. The SMILES string of the molecule is CCC(NC(=O)CN)C1C2CC3CC(C2)CC1C3. The van der Waals surface area contributed by atoms with Crippen LogP contribution in [0, 0.1) is 29.6 Å². The molecule has 3 heteroatoms. The summed E-state index contributed by atoms with van der Waals surface area (Å²) in [6.07, 6.45) is 8.24. The smallest absolute Gasteiger partial charge is 0.233 e. The molecule has 3 N–H and O–H groups in total. The molecule has 0 radical (unpaired) electrons. The largest absolute Gasteiger partial charge is 0.352 e. The van der Waals surface area contributed by atoms with E-state index in [1.165, 1.54) is 32.1 Å². The van der Waals surface area contributed by atoms with Crippen LogP contribution in [0.25, 0.3) is 0 Å². The van der Waals surface area contributed by atoms with Gasteiger partial charge in [-0.25, -0.2) is 0 Å². The molecule has 4 aliphatic carbocycles. The molecule has 4 fully saturated rings. The molecule has 0 aromatic heterocycles. The van der Waals surface area contributed by atoms with Gasteiger partial charge in [0, 0.05) is 6.04 Å². The maximum Gasteiger partial charge on any atom is 0.233 e. The van der Waals surface area contributed by atoms with Crippen molar-refractivity contribution < 1.29 is 4.79 Å². The number of carbonyl (C=O) groups is 1. The monoisotopic (exact) mass is 250 g/mol. The van der Waals surface area contributed by atoms with Gasteiger partial charge >= 0.3 is 0 Å². The maximum atomic E-state index is 11.6. The molecule has 0 saturated heterocycles. The lowest BCUT2D eigenvalue weighted by Crippen LogP contribution is -2.54. The standard InChI is InChI=1S/C15H26N2O/c1-2-13(17-14(18)8-16)15-11-4-9-3-10(6-11)7-12(15)5-9/h9-13,15H,2-8,16H2,1H3,(H,17,18). The first-order chi connectivity index (χ1) is 8.71. The zero-order valence-corrected chi connectivity index (χ0v) is 11.4. The summed E-state index contributed by atoms with van der Waals surface area (Å²) in [5, 5.41) is 3.18. The van der Waals surface area contributed by atoms with Gasteiger partial charge in [0.2, 0.25) is 5.91 Å². The molecule has 102 valence electrons. The molecule has 4 aliphatic rings. The van der Waals surface area contributed by atoms with Gasteiger partial charge in [-0.1, -0.05) is 6.92 Å². The Bertz CT molecular complexity index is 300. The van der Waals surface area contributed by atoms with Crippen LogP contribution in [0.3, 0.4) is 0 Å². The Balaban J connectivity index is 1.72. The normalized spacial score (nSPS) is 42.9. The Hall–Kier alpha value is -0.570. The van der Waals surface area contributed by atoms with Crippen LogP contribution >= 0.6 is 0 Å². The molecule has 18 heavy (non-hydrogen) atoms. The minimum Gasteiger partial charge on any atom is -0.352 e. The molecule has 3 nitrogen and oxygen atoms in total. The average Bonchev–Trinajstić information content (AvgIpc) is 2.35. The second kappa shape index (κ2) is 4.84. The zero-order chi connectivity index (χ0) is 12.7. The summed E-state index contributed by atoms with van der Waals surface area (Å²) >= 11 is 0. The van der Waals surface area contributed by atoms with Crippen LogP contribution in [-0.2, 0) is 4.79 Å². The minimum atomic E-state index is 0.0238. The van der Waals surface area contributed by atoms with E-state index in [0.717, 1.165) is 36.0 Å². The van der Waals surface area contributed by atoms with E-state index in [4.69, 9.17) is 5.73 Å². The van der Waals surface area contributed by atoms with Gasteiger partial charge in [0.15, 0.2) is 0 Å². The minimum absolute atomic E-state index is 0.0238. The number of nitrogens with two attached hydrogens (primary N) is 1. The number of amides is 1. The summed E-state index contributed by atoms with van der Waals surface area (Å²) in [5.74, 6) is 4.53. The van der Waals surface area contributed by atoms with E-state index < -0.39 is 0 Å². The average molecular weight is 250 g/mol. The third kappa shape index (κ3) is 2.07. The number of carbonyl (C=O) groups excluding carboxylic acids is 1. The quantitative estimate of drug-likeness (QED) is 0.801.